The van der Waals surface area contributed by atoms with Gasteiger partial charge in [0.15, 0.2) is 0 Å². The number of likely N-dealkylation sites (N-methyl/N-ethyl adjacent to an activating group) is 1. The minimum absolute atomic E-state index is 0.0220. The molecule has 6 nitrogen and oxygen atoms in total. The second kappa shape index (κ2) is 7.27. The monoisotopic (exact) mass is 405 g/mol. The van der Waals surface area contributed by atoms with Gasteiger partial charge in [-0.05, 0) is 50.9 Å². The number of rotatable bonds is 4. The van der Waals surface area contributed by atoms with E-state index >= 15 is 0 Å². The second-order valence-electron chi connectivity index (χ2n) is 9.40. The van der Waals surface area contributed by atoms with E-state index < -0.39 is 0 Å². The van der Waals surface area contributed by atoms with E-state index in [4.69, 9.17) is 0 Å². The number of imidazole rings is 1. The van der Waals surface area contributed by atoms with Gasteiger partial charge in [-0.25, -0.2) is 4.98 Å². The molecule has 0 N–H and O–H groups in total. The van der Waals surface area contributed by atoms with Crippen LogP contribution >= 0.6 is 0 Å². The molecular formula is C24H31N5O. The molecule has 3 heterocycles. The van der Waals surface area contributed by atoms with Gasteiger partial charge in [-0.2, -0.15) is 0 Å². The first-order chi connectivity index (χ1) is 14.4. The van der Waals surface area contributed by atoms with Crippen molar-refractivity contribution in [2.45, 2.75) is 51.4 Å². The second-order valence-corrected chi connectivity index (χ2v) is 9.40. The Kier molecular flexibility index (Phi) is 4.69. The molecule has 1 amide bonds. The van der Waals surface area contributed by atoms with Gasteiger partial charge in [-0.1, -0.05) is 12.1 Å². The molecule has 0 spiro atoms. The first-order valence-corrected chi connectivity index (χ1v) is 11.0. The highest BCUT2D eigenvalue weighted by atomic mass is 16.2. The predicted molar refractivity (Wildman–Crippen MR) is 118 cm³/mol. The summed E-state index contributed by atoms with van der Waals surface area (Å²) in [6.07, 6.45) is 9.76. The lowest BCUT2D eigenvalue weighted by Crippen LogP contribution is -2.51. The molecule has 1 saturated heterocycles. The molecule has 0 radical (unpaired) electrons. The number of hydrogen-bond donors (Lipinski definition) is 0. The van der Waals surface area contributed by atoms with Crippen LogP contribution in [0.15, 0.2) is 43.1 Å². The van der Waals surface area contributed by atoms with Crippen LogP contribution in [0.4, 0.5) is 0 Å². The molecule has 1 fully saturated rings. The number of piperidine rings is 1. The Morgan fingerprint density at radius 3 is 2.90 bits per heavy atom. The van der Waals surface area contributed by atoms with Gasteiger partial charge in [-0.15, -0.1) is 0 Å². The normalized spacial score (nSPS) is 23.7. The summed E-state index contributed by atoms with van der Waals surface area (Å²) >= 11 is 0. The topological polar surface area (TPSA) is 46.3 Å². The van der Waals surface area contributed by atoms with Gasteiger partial charge in [0.1, 0.15) is 0 Å². The molecule has 1 aliphatic carbocycles. The number of hydrogen-bond acceptors (Lipinski definition) is 3. The molecule has 2 aliphatic rings. The molecule has 1 unspecified atom stereocenters. The largest absolute Gasteiger partial charge is 0.345 e. The van der Waals surface area contributed by atoms with E-state index in [1.807, 2.05) is 22.7 Å². The zero-order valence-corrected chi connectivity index (χ0v) is 18.3. The van der Waals surface area contributed by atoms with Crippen LogP contribution < -0.4 is 0 Å². The van der Waals surface area contributed by atoms with Crippen molar-refractivity contribution in [1.29, 1.82) is 0 Å². The molecule has 0 saturated carbocycles. The van der Waals surface area contributed by atoms with Gasteiger partial charge >= 0.3 is 0 Å². The first-order valence-electron chi connectivity index (χ1n) is 11.0. The van der Waals surface area contributed by atoms with E-state index in [0.29, 0.717) is 24.7 Å². The van der Waals surface area contributed by atoms with E-state index in [0.717, 1.165) is 19.4 Å². The third-order valence-corrected chi connectivity index (χ3v) is 7.09. The Hall–Kier alpha value is -2.60. The molecule has 3 aromatic rings. The van der Waals surface area contributed by atoms with E-state index in [9.17, 15) is 4.79 Å². The molecular weight excluding hydrogens is 374 g/mol. The average molecular weight is 406 g/mol. The predicted octanol–water partition coefficient (Wildman–Crippen LogP) is 3.49. The molecule has 1 aliphatic heterocycles. The van der Waals surface area contributed by atoms with Crippen LogP contribution in [0.2, 0.25) is 0 Å². The summed E-state index contributed by atoms with van der Waals surface area (Å²) in [5.41, 5.74) is 4.23. The van der Waals surface area contributed by atoms with Gasteiger partial charge in [-0.3, -0.25) is 4.79 Å². The summed E-state index contributed by atoms with van der Waals surface area (Å²) in [6, 6.07) is 7.65. The summed E-state index contributed by atoms with van der Waals surface area (Å²) < 4.78 is 4.35. The fraction of sp³-hybridized carbons (Fsp3) is 0.500. The fourth-order valence-electron chi connectivity index (χ4n) is 5.68. The van der Waals surface area contributed by atoms with Gasteiger partial charge in [0.2, 0.25) is 5.91 Å². The molecule has 3 atom stereocenters. The minimum atomic E-state index is 0.0220. The summed E-state index contributed by atoms with van der Waals surface area (Å²) in [5, 5.41) is 1.43. The maximum absolute atomic E-state index is 13.3. The lowest BCUT2D eigenvalue weighted by molar-refractivity contribution is -0.138. The van der Waals surface area contributed by atoms with Crippen molar-refractivity contribution >= 4 is 16.8 Å². The van der Waals surface area contributed by atoms with Crippen molar-refractivity contribution in [3.8, 4) is 0 Å². The standard InChI is InChI=1S/C24H31N5O/c1-16(2)29-13-17-11-22-20(19-6-5-7-21(29)23(17)19)10-18(12-26(22)3)24(30)27(4)15-28-9-8-25-14-28/h5-9,13-14,16,18,20,22H,10-12,15H2,1-4H3/t18-,20?,22-/m1/s1. The highest BCUT2D eigenvalue weighted by Crippen LogP contribution is 2.45. The Balaban J connectivity index is 1.45. The van der Waals surface area contributed by atoms with Gasteiger partial charge in [0, 0.05) is 61.1 Å². The van der Waals surface area contributed by atoms with E-state index in [2.05, 4.69) is 59.7 Å². The smallest absolute Gasteiger partial charge is 0.228 e. The highest BCUT2D eigenvalue weighted by molar-refractivity contribution is 5.89. The number of carbonyl (C=O) groups excluding carboxylic acids is 1. The van der Waals surface area contributed by atoms with Crippen molar-refractivity contribution < 1.29 is 4.79 Å². The van der Waals surface area contributed by atoms with Crippen LogP contribution in [0.25, 0.3) is 10.9 Å². The van der Waals surface area contributed by atoms with Crippen LogP contribution in [0.1, 0.15) is 43.4 Å². The number of amides is 1. The van der Waals surface area contributed by atoms with E-state index in [1.54, 1.807) is 12.5 Å². The molecule has 5 rings (SSSR count). The van der Waals surface area contributed by atoms with Crippen molar-refractivity contribution in [3.05, 3.63) is 54.2 Å². The molecule has 2 aromatic heterocycles. The summed E-state index contributed by atoms with van der Waals surface area (Å²) in [6.45, 7) is 5.87. The number of nitrogens with zero attached hydrogens (tertiary/aromatic N) is 5. The third kappa shape index (κ3) is 3.05. The maximum Gasteiger partial charge on any atom is 0.228 e. The van der Waals surface area contributed by atoms with Gasteiger partial charge in [0.05, 0.1) is 18.9 Å². The molecule has 6 heteroatoms. The Bertz CT molecular complexity index is 1070. The van der Waals surface area contributed by atoms with E-state index in [1.165, 1.54) is 22.0 Å². The quantitative estimate of drug-likeness (QED) is 0.667. The fourth-order valence-corrected chi connectivity index (χ4v) is 5.68. The number of carbonyl (C=O) groups is 1. The molecule has 30 heavy (non-hydrogen) atoms. The lowest BCUT2D eigenvalue weighted by Gasteiger charge is -2.45. The SMILES string of the molecule is CC(C)n1cc2c3c(cccc31)C1C[C@@H](C(=O)N(C)Cn3ccnc3)CN(C)[C@@H]1C2. The molecule has 158 valence electrons. The summed E-state index contributed by atoms with van der Waals surface area (Å²) in [4.78, 5) is 21.6. The van der Waals surface area contributed by atoms with Crippen LogP contribution in [-0.2, 0) is 17.9 Å². The van der Waals surface area contributed by atoms with Gasteiger partial charge < -0.3 is 18.9 Å². The number of likely N-dealkylation sites (tertiary alicyclic amines) is 1. The van der Waals surface area contributed by atoms with E-state index in [-0.39, 0.29) is 11.8 Å². The van der Waals surface area contributed by atoms with Crippen LogP contribution in [-0.4, -0.2) is 56.5 Å². The Morgan fingerprint density at radius 2 is 2.17 bits per heavy atom. The number of fused-ring (bicyclic) bond motifs is 2. The first kappa shape index (κ1) is 19.4. The van der Waals surface area contributed by atoms with Crippen LogP contribution in [0.5, 0.6) is 0 Å². The average Bonchev–Trinajstić information content (AvgIpc) is 3.37. The zero-order valence-electron chi connectivity index (χ0n) is 18.3. The summed E-state index contributed by atoms with van der Waals surface area (Å²) in [5.74, 6) is 0.652. The number of aromatic nitrogens is 3. The highest BCUT2D eigenvalue weighted by Gasteiger charge is 2.42. The van der Waals surface area contributed by atoms with Crippen molar-refractivity contribution in [2.75, 3.05) is 20.6 Å². The minimum Gasteiger partial charge on any atom is -0.345 e. The van der Waals surface area contributed by atoms with Crippen molar-refractivity contribution in [2.24, 2.45) is 5.92 Å². The Labute approximate surface area is 178 Å². The van der Waals surface area contributed by atoms with Crippen LogP contribution in [0, 0.1) is 5.92 Å². The molecule has 1 aromatic carbocycles. The molecule has 0 bridgehead atoms. The van der Waals surface area contributed by atoms with Gasteiger partial charge in [0.25, 0.3) is 0 Å². The number of benzene rings is 1. The Morgan fingerprint density at radius 1 is 1.33 bits per heavy atom. The van der Waals surface area contributed by atoms with Crippen molar-refractivity contribution in [3.63, 3.8) is 0 Å². The summed E-state index contributed by atoms with van der Waals surface area (Å²) in [7, 11) is 4.09. The maximum atomic E-state index is 13.3. The lowest BCUT2D eigenvalue weighted by atomic mass is 9.72. The third-order valence-electron chi connectivity index (χ3n) is 7.09. The van der Waals surface area contributed by atoms with Crippen LogP contribution in [0.3, 0.4) is 0 Å². The van der Waals surface area contributed by atoms with Crippen molar-refractivity contribution in [1.82, 2.24) is 23.9 Å². The zero-order chi connectivity index (χ0) is 21.0.